The highest BCUT2D eigenvalue weighted by Crippen LogP contribution is 2.22. The number of hydrogen-bond donors (Lipinski definition) is 1. The van der Waals surface area contributed by atoms with E-state index in [2.05, 4.69) is 116 Å². The monoisotopic (exact) mass is 441 g/mol. The van der Waals surface area contributed by atoms with Crippen molar-refractivity contribution >= 4 is 33.1 Å². The molecular formula is C27H8BrNO. The summed E-state index contributed by atoms with van der Waals surface area (Å²) in [6, 6.07) is 5.69. The van der Waals surface area contributed by atoms with Crippen molar-refractivity contribution in [3.8, 4) is 108 Å². The van der Waals surface area contributed by atoms with Gasteiger partial charge in [0.05, 0.1) is 0 Å². The fourth-order valence-electron chi connectivity index (χ4n) is 1.63. The molecule has 0 fully saturated rings. The van der Waals surface area contributed by atoms with Gasteiger partial charge in [-0.25, -0.2) is 0 Å². The van der Waals surface area contributed by atoms with E-state index < -0.39 is 0 Å². The molecule has 1 aromatic heterocycles. The van der Waals surface area contributed by atoms with E-state index in [9.17, 15) is 4.79 Å². The Morgan fingerprint density at radius 2 is 1.17 bits per heavy atom. The van der Waals surface area contributed by atoms with E-state index in [-0.39, 0.29) is 0 Å². The average molecular weight is 442 g/mol. The van der Waals surface area contributed by atoms with E-state index >= 15 is 0 Å². The zero-order valence-electron chi connectivity index (χ0n) is 15.3. The van der Waals surface area contributed by atoms with Crippen molar-refractivity contribution < 1.29 is 4.79 Å². The van der Waals surface area contributed by atoms with Crippen LogP contribution in [0.3, 0.4) is 0 Å². The minimum Gasteiger partial charge on any atom is -0.361 e. The Labute approximate surface area is 184 Å². The zero-order valence-corrected chi connectivity index (χ0v) is 16.9. The van der Waals surface area contributed by atoms with Crippen LogP contribution in [0.25, 0.3) is 10.9 Å². The molecule has 2 nitrogen and oxygen atoms in total. The lowest BCUT2D eigenvalue weighted by Crippen LogP contribution is -1.81. The second-order valence-electron chi connectivity index (χ2n) is 4.60. The Kier molecular flexibility index (Phi) is 11.5. The van der Waals surface area contributed by atoms with Gasteiger partial charge in [0, 0.05) is 27.1 Å². The van der Waals surface area contributed by atoms with Gasteiger partial charge in [-0.3, -0.25) is 4.79 Å². The standard InChI is InChI=1S/C18H2.C9H6BrNO/c1-3-5-7-9-11-13-15-17-18-16-14-12-10-8-6-4-2;10-8-4-9-6(1-2-11-9)3-7(8)5-12/h1-2H;1-5,11H. The van der Waals surface area contributed by atoms with Crippen LogP contribution in [0.15, 0.2) is 28.9 Å². The summed E-state index contributed by atoms with van der Waals surface area (Å²) in [5.41, 5.74) is 1.72. The Balaban J connectivity index is 0.000000321. The minimum absolute atomic E-state index is 0.683. The van der Waals surface area contributed by atoms with Gasteiger partial charge >= 0.3 is 0 Å². The molecule has 0 aliphatic carbocycles. The molecular weight excluding hydrogens is 434 g/mol. The molecule has 1 heterocycles. The molecule has 134 valence electrons. The van der Waals surface area contributed by atoms with Crippen LogP contribution in [0.2, 0.25) is 0 Å². The van der Waals surface area contributed by atoms with Crippen LogP contribution < -0.4 is 0 Å². The molecule has 0 atom stereocenters. The molecule has 0 bridgehead atoms. The highest BCUT2D eigenvalue weighted by Gasteiger charge is 2.01. The van der Waals surface area contributed by atoms with E-state index in [1.165, 1.54) is 0 Å². The van der Waals surface area contributed by atoms with Crippen LogP contribution in [0, 0.1) is 108 Å². The number of aldehydes is 1. The quantitative estimate of drug-likeness (QED) is 0.535. The SMILES string of the molecule is C#CC#CC#CC#CC#CC#CC#CC#CC#C.O=Cc1cc2cc[nH]c2cc1Br. The number of aromatic nitrogens is 1. The second-order valence-corrected chi connectivity index (χ2v) is 5.45. The maximum absolute atomic E-state index is 10.6. The van der Waals surface area contributed by atoms with Crippen molar-refractivity contribution in [2.75, 3.05) is 0 Å². The van der Waals surface area contributed by atoms with Crippen LogP contribution in [0.5, 0.6) is 0 Å². The first-order chi connectivity index (χ1) is 14.7. The van der Waals surface area contributed by atoms with Crippen LogP contribution in [0.1, 0.15) is 10.4 Å². The number of carbonyl (C=O) groups excluding carboxylic acids is 1. The topological polar surface area (TPSA) is 32.9 Å². The molecule has 0 aliphatic rings. The lowest BCUT2D eigenvalue weighted by molar-refractivity contribution is 0.112. The lowest BCUT2D eigenvalue weighted by Gasteiger charge is -1.95. The normalized spacial score (nSPS) is 6.37. The summed E-state index contributed by atoms with van der Waals surface area (Å²) >= 11 is 3.31. The number of halogens is 1. The number of rotatable bonds is 1. The third kappa shape index (κ3) is 9.59. The van der Waals surface area contributed by atoms with Crippen LogP contribution in [-0.4, -0.2) is 11.3 Å². The van der Waals surface area contributed by atoms with Crippen molar-refractivity contribution in [2.45, 2.75) is 0 Å². The molecule has 0 radical (unpaired) electrons. The van der Waals surface area contributed by atoms with Crippen LogP contribution in [-0.2, 0) is 0 Å². The Bertz CT molecular complexity index is 1400. The number of fused-ring (bicyclic) bond motifs is 1. The van der Waals surface area contributed by atoms with Gasteiger partial charge in [-0.2, -0.15) is 0 Å². The smallest absolute Gasteiger partial charge is 0.151 e. The number of benzene rings is 1. The van der Waals surface area contributed by atoms with Gasteiger partial charge < -0.3 is 4.98 Å². The predicted molar refractivity (Wildman–Crippen MR) is 123 cm³/mol. The maximum atomic E-state index is 10.6. The molecule has 1 N–H and O–H groups in total. The van der Waals surface area contributed by atoms with Crippen molar-refractivity contribution in [2.24, 2.45) is 0 Å². The lowest BCUT2D eigenvalue weighted by atomic mass is 10.2. The highest BCUT2D eigenvalue weighted by atomic mass is 79.9. The molecule has 0 saturated heterocycles. The zero-order chi connectivity index (χ0) is 21.9. The molecule has 1 aromatic carbocycles. The first kappa shape index (κ1) is 23.0. The van der Waals surface area contributed by atoms with Gasteiger partial charge in [0.1, 0.15) is 0 Å². The van der Waals surface area contributed by atoms with Crippen LogP contribution >= 0.6 is 15.9 Å². The third-order valence-corrected chi connectivity index (χ3v) is 3.44. The first-order valence-electron chi connectivity index (χ1n) is 7.86. The Hall–Kier alpha value is -5.05. The maximum Gasteiger partial charge on any atom is 0.151 e. The van der Waals surface area contributed by atoms with Crippen molar-refractivity contribution in [1.82, 2.24) is 4.98 Å². The number of hydrogen-bond acceptors (Lipinski definition) is 1. The Morgan fingerprint density at radius 1 is 0.733 bits per heavy atom. The first-order valence-corrected chi connectivity index (χ1v) is 8.65. The van der Waals surface area contributed by atoms with Gasteiger partial charge in [-0.05, 0) is 129 Å². The summed E-state index contributed by atoms with van der Waals surface area (Å²) in [5, 5.41) is 1.06. The molecule has 2 rings (SSSR count). The van der Waals surface area contributed by atoms with Crippen LogP contribution in [0.4, 0.5) is 0 Å². The van der Waals surface area contributed by atoms with Crippen molar-refractivity contribution in [3.05, 3.63) is 34.4 Å². The molecule has 0 saturated carbocycles. The molecule has 0 amide bonds. The minimum atomic E-state index is 0.683. The molecule has 2 aromatic rings. The molecule has 3 heteroatoms. The molecule has 0 unspecified atom stereocenters. The summed E-state index contributed by atoms with van der Waals surface area (Å²) in [7, 11) is 0. The third-order valence-electron chi connectivity index (χ3n) is 2.75. The summed E-state index contributed by atoms with van der Waals surface area (Å²) in [5.74, 6) is 38.2. The largest absolute Gasteiger partial charge is 0.361 e. The van der Waals surface area contributed by atoms with Gasteiger partial charge in [-0.1, -0.05) is 0 Å². The summed E-state index contributed by atoms with van der Waals surface area (Å²) in [6.07, 6.45) is 12.5. The molecule has 0 aliphatic heterocycles. The van der Waals surface area contributed by atoms with E-state index in [0.29, 0.717) is 5.56 Å². The number of terminal acetylenes is 2. The average Bonchev–Trinajstić information content (AvgIpc) is 3.21. The number of aromatic amines is 1. The van der Waals surface area contributed by atoms with E-state index in [4.69, 9.17) is 12.8 Å². The Morgan fingerprint density at radius 3 is 1.57 bits per heavy atom. The number of nitrogens with one attached hydrogen (secondary N) is 1. The van der Waals surface area contributed by atoms with Gasteiger partial charge in [-0.15, -0.1) is 12.8 Å². The highest BCUT2D eigenvalue weighted by molar-refractivity contribution is 9.10. The fourth-order valence-corrected chi connectivity index (χ4v) is 2.07. The number of carbonyl (C=O) groups is 1. The van der Waals surface area contributed by atoms with E-state index in [0.717, 1.165) is 21.7 Å². The van der Waals surface area contributed by atoms with Gasteiger partial charge in [0.15, 0.2) is 6.29 Å². The van der Waals surface area contributed by atoms with Gasteiger partial charge in [0.25, 0.3) is 0 Å². The van der Waals surface area contributed by atoms with E-state index in [1.54, 1.807) is 0 Å². The molecule has 30 heavy (non-hydrogen) atoms. The van der Waals surface area contributed by atoms with Crippen molar-refractivity contribution in [3.63, 3.8) is 0 Å². The number of H-pyrrole nitrogens is 1. The van der Waals surface area contributed by atoms with Crippen molar-refractivity contribution in [1.29, 1.82) is 0 Å². The summed E-state index contributed by atoms with van der Waals surface area (Å²) in [6.45, 7) is 0. The van der Waals surface area contributed by atoms with E-state index in [1.807, 2.05) is 24.4 Å². The van der Waals surface area contributed by atoms with Gasteiger partial charge in [0.2, 0.25) is 0 Å². The summed E-state index contributed by atoms with van der Waals surface area (Å²) in [4.78, 5) is 13.6. The fraction of sp³-hybridized carbons (Fsp3) is 0. The predicted octanol–water partition coefficient (Wildman–Crippen LogP) is 3.02. The summed E-state index contributed by atoms with van der Waals surface area (Å²) < 4.78 is 0.826. The molecule has 0 spiro atoms. The second kappa shape index (κ2) is 15.1.